The number of nitrogens with zero attached hydrogens (tertiary/aromatic N) is 2. The van der Waals surface area contributed by atoms with E-state index in [-0.39, 0.29) is 6.10 Å². The summed E-state index contributed by atoms with van der Waals surface area (Å²) in [6.45, 7) is 0. The average molecular weight is 265 g/mol. The van der Waals surface area contributed by atoms with Gasteiger partial charge in [0.25, 0.3) is 0 Å². The second-order valence-corrected chi connectivity index (χ2v) is 4.99. The lowest BCUT2D eigenvalue weighted by Crippen LogP contribution is -2.11. The van der Waals surface area contributed by atoms with Gasteiger partial charge in [-0.25, -0.2) is 0 Å². The van der Waals surface area contributed by atoms with Gasteiger partial charge in [-0.3, -0.25) is 4.68 Å². The molecular formula is C14H17ClN2O. The van der Waals surface area contributed by atoms with Crippen LogP contribution in [0, 0.1) is 0 Å². The van der Waals surface area contributed by atoms with Crippen LogP contribution in [0.5, 0.6) is 0 Å². The Morgan fingerprint density at radius 1 is 1.39 bits per heavy atom. The molecule has 1 aromatic heterocycles. The van der Waals surface area contributed by atoms with Crippen LogP contribution in [0.15, 0.2) is 36.7 Å². The number of halogens is 1. The largest absolute Gasteiger partial charge is 0.393 e. The predicted molar refractivity (Wildman–Crippen MR) is 72.7 cm³/mol. The number of aryl methyl sites for hydroxylation is 2. The molecule has 1 aromatic carbocycles. The molecule has 3 nitrogen and oxygen atoms in total. The van der Waals surface area contributed by atoms with Gasteiger partial charge in [0, 0.05) is 18.3 Å². The molecule has 2 rings (SSSR count). The van der Waals surface area contributed by atoms with Gasteiger partial charge in [0.2, 0.25) is 0 Å². The fourth-order valence-electron chi connectivity index (χ4n) is 1.97. The lowest BCUT2D eigenvalue weighted by molar-refractivity contribution is 0.165. The number of aliphatic hydroxyl groups excluding tert-OH is 1. The van der Waals surface area contributed by atoms with Crippen molar-refractivity contribution in [3.05, 3.63) is 52.8 Å². The van der Waals surface area contributed by atoms with Crippen molar-refractivity contribution in [1.29, 1.82) is 0 Å². The van der Waals surface area contributed by atoms with E-state index < -0.39 is 0 Å². The minimum atomic E-state index is -0.344. The molecule has 0 spiro atoms. The zero-order valence-corrected chi connectivity index (χ0v) is 11.1. The van der Waals surface area contributed by atoms with Crippen LogP contribution in [0.2, 0.25) is 5.02 Å². The maximum atomic E-state index is 9.99. The van der Waals surface area contributed by atoms with Crippen LogP contribution in [0.25, 0.3) is 0 Å². The standard InChI is InChI=1S/C14H17ClN2O/c1-17-10-12(9-16-17)5-6-14(18)8-11-3-2-4-13(15)7-11/h2-4,7,9-10,14,18H,5-6,8H2,1H3. The van der Waals surface area contributed by atoms with Crippen LogP contribution >= 0.6 is 11.6 Å². The molecule has 1 atom stereocenters. The number of aliphatic hydroxyl groups is 1. The highest BCUT2D eigenvalue weighted by Gasteiger charge is 2.07. The summed E-state index contributed by atoms with van der Waals surface area (Å²) in [4.78, 5) is 0. The average Bonchev–Trinajstić information content (AvgIpc) is 2.73. The van der Waals surface area contributed by atoms with E-state index in [4.69, 9.17) is 11.6 Å². The molecule has 0 aliphatic rings. The molecule has 2 aromatic rings. The number of rotatable bonds is 5. The molecule has 18 heavy (non-hydrogen) atoms. The minimum absolute atomic E-state index is 0.344. The van der Waals surface area contributed by atoms with Crippen molar-refractivity contribution in [1.82, 2.24) is 9.78 Å². The lowest BCUT2D eigenvalue weighted by atomic mass is 10.0. The van der Waals surface area contributed by atoms with E-state index in [0.29, 0.717) is 11.4 Å². The summed E-state index contributed by atoms with van der Waals surface area (Å²) in [5, 5.41) is 14.8. The third-order valence-corrected chi connectivity index (χ3v) is 3.12. The van der Waals surface area contributed by atoms with E-state index in [1.807, 2.05) is 43.7 Å². The topological polar surface area (TPSA) is 38.0 Å². The van der Waals surface area contributed by atoms with E-state index in [9.17, 15) is 5.11 Å². The van der Waals surface area contributed by atoms with Crippen LogP contribution in [-0.4, -0.2) is 21.0 Å². The molecule has 0 aliphatic heterocycles. The highest BCUT2D eigenvalue weighted by molar-refractivity contribution is 6.30. The Kier molecular flexibility index (Phi) is 4.39. The summed E-state index contributed by atoms with van der Waals surface area (Å²) in [5.41, 5.74) is 2.23. The van der Waals surface area contributed by atoms with Crippen LogP contribution in [0.4, 0.5) is 0 Å². The molecule has 1 N–H and O–H groups in total. The SMILES string of the molecule is Cn1cc(CCC(O)Cc2cccc(Cl)c2)cn1. The Morgan fingerprint density at radius 2 is 2.22 bits per heavy atom. The highest BCUT2D eigenvalue weighted by Crippen LogP contribution is 2.14. The molecule has 1 heterocycles. The Morgan fingerprint density at radius 3 is 2.89 bits per heavy atom. The Bertz CT molecular complexity index is 510. The zero-order valence-electron chi connectivity index (χ0n) is 10.4. The van der Waals surface area contributed by atoms with E-state index in [2.05, 4.69) is 5.10 Å². The van der Waals surface area contributed by atoms with E-state index in [1.54, 1.807) is 4.68 Å². The normalized spacial score (nSPS) is 12.6. The Hall–Kier alpha value is -1.32. The second kappa shape index (κ2) is 6.03. The van der Waals surface area contributed by atoms with Gasteiger partial charge in [0.15, 0.2) is 0 Å². The van der Waals surface area contributed by atoms with E-state index >= 15 is 0 Å². The molecule has 0 fully saturated rings. The van der Waals surface area contributed by atoms with Crippen molar-refractivity contribution in [2.45, 2.75) is 25.4 Å². The van der Waals surface area contributed by atoms with Gasteiger partial charge in [-0.05, 0) is 42.5 Å². The molecular weight excluding hydrogens is 248 g/mol. The maximum Gasteiger partial charge on any atom is 0.0583 e. The molecule has 1 unspecified atom stereocenters. The fourth-order valence-corrected chi connectivity index (χ4v) is 2.19. The van der Waals surface area contributed by atoms with Crippen LogP contribution in [0.3, 0.4) is 0 Å². The number of hydrogen-bond donors (Lipinski definition) is 1. The molecule has 96 valence electrons. The van der Waals surface area contributed by atoms with Crippen LogP contribution < -0.4 is 0 Å². The number of hydrogen-bond acceptors (Lipinski definition) is 2. The van der Waals surface area contributed by atoms with Crippen molar-refractivity contribution < 1.29 is 5.11 Å². The Balaban J connectivity index is 1.83. The predicted octanol–water partition coefficient (Wildman–Crippen LogP) is 2.61. The molecule has 4 heteroatoms. The quantitative estimate of drug-likeness (QED) is 0.902. The van der Waals surface area contributed by atoms with Crippen LogP contribution in [0.1, 0.15) is 17.5 Å². The van der Waals surface area contributed by atoms with E-state index in [0.717, 1.165) is 24.0 Å². The van der Waals surface area contributed by atoms with Gasteiger partial charge in [0.05, 0.1) is 12.3 Å². The molecule has 0 aliphatic carbocycles. The third kappa shape index (κ3) is 3.86. The summed E-state index contributed by atoms with van der Waals surface area (Å²) in [6, 6.07) is 7.63. The minimum Gasteiger partial charge on any atom is -0.393 e. The molecule has 0 saturated heterocycles. The second-order valence-electron chi connectivity index (χ2n) is 4.55. The summed E-state index contributed by atoms with van der Waals surface area (Å²) in [5.74, 6) is 0. The van der Waals surface area contributed by atoms with Crippen molar-refractivity contribution in [3.63, 3.8) is 0 Å². The molecule has 0 saturated carbocycles. The van der Waals surface area contributed by atoms with Gasteiger partial charge in [0.1, 0.15) is 0 Å². The highest BCUT2D eigenvalue weighted by atomic mass is 35.5. The van der Waals surface area contributed by atoms with Crippen molar-refractivity contribution in [2.24, 2.45) is 7.05 Å². The summed E-state index contributed by atoms with van der Waals surface area (Å²) in [6.07, 6.45) is 5.69. The van der Waals surface area contributed by atoms with Gasteiger partial charge in [-0.15, -0.1) is 0 Å². The summed E-state index contributed by atoms with van der Waals surface area (Å²) >= 11 is 5.91. The van der Waals surface area contributed by atoms with E-state index in [1.165, 1.54) is 0 Å². The van der Waals surface area contributed by atoms with Gasteiger partial charge < -0.3 is 5.11 Å². The van der Waals surface area contributed by atoms with Crippen molar-refractivity contribution in [2.75, 3.05) is 0 Å². The molecule has 0 amide bonds. The lowest BCUT2D eigenvalue weighted by Gasteiger charge is -2.10. The smallest absolute Gasteiger partial charge is 0.0583 e. The van der Waals surface area contributed by atoms with Crippen molar-refractivity contribution >= 4 is 11.6 Å². The zero-order chi connectivity index (χ0) is 13.0. The molecule has 0 radical (unpaired) electrons. The first-order valence-electron chi connectivity index (χ1n) is 6.03. The number of aromatic nitrogens is 2. The number of benzene rings is 1. The maximum absolute atomic E-state index is 9.99. The first-order valence-corrected chi connectivity index (χ1v) is 6.41. The van der Waals surface area contributed by atoms with Gasteiger partial charge >= 0.3 is 0 Å². The van der Waals surface area contributed by atoms with Crippen molar-refractivity contribution in [3.8, 4) is 0 Å². The summed E-state index contributed by atoms with van der Waals surface area (Å²) in [7, 11) is 1.89. The van der Waals surface area contributed by atoms with Gasteiger partial charge in [-0.2, -0.15) is 5.10 Å². The first kappa shape index (κ1) is 13.1. The monoisotopic (exact) mass is 264 g/mol. The van der Waals surface area contributed by atoms with Gasteiger partial charge in [-0.1, -0.05) is 23.7 Å². The third-order valence-electron chi connectivity index (χ3n) is 2.88. The Labute approximate surface area is 112 Å². The fraction of sp³-hybridized carbons (Fsp3) is 0.357. The molecule has 0 bridgehead atoms. The first-order chi connectivity index (χ1) is 8.63. The van der Waals surface area contributed by atoms with Crippen LogP contribution in [-0.2, 0) is 19.9 Å². The summed E-state index contributed by atoms with van der Waals surface area (Å²) < 4.78 is 1.78.